The fraction of sp³-hybridized carbons (Fsp3) is 0.148. The summed E-state index contributed by atoms with van der Waals surface area (Å²) >= 11 is 6.13. The molecule has 0 unspecified atom stereocenters. The summed E-state index contributed by atoms with van der Waals surface area (Å²) in [6, 6.07) is 23.8. The first kappa shape index (κ1) is 21.2. The zero-order valence-electron chi connectivity index (χ0n) is 18.1. The topological polar surface area (TPSA) is 59.0 Å². The summed E-state index contributed by atoms with van der Waals surface area (Å²) in [7, 11) is 0. The van der Waals surface area contributed by atoms with E-state index in [9.17, 15) is 4.79 Å². The Hall–Kier alpha value is -3.70. The molecule has 5 rings (SSSR count). The van der Waals surface area contributed by atoms with Crippen LogP contribution in [0.3, 0.4) is 0 Å². The van der Waals surface area contributed by atoms with Crippen LogP contribution in [0.15, 0.2) is 85.2 Å². The van der Waals surface area contributed by atoms with Crippen molar-refractivity contribution in [3.63, 3.8) is 0 Å². The summed E-state index contributed by atoms with van der Waals surface area (Å²) < 4.78 is 7.90. The van der Waals surface area contributed by atoms with Crippen LogP contribution in [0.25, 0.3) is 21.8 Å². The number of aromatic nitrogens is 2. The van der Waals surface area contributed by atoms with E-state index in [2.05, 4.69) is 10.3 Å². The number of carbonyl (C=O) groups is 1. The van der Waals surface area contributed by atoms with E-state index in [-0.39, 0.29) is 12.5 Å². The van der Waals surface area contributed by atoms with E-state index in [0.29, 0.717) is 18.2 Å². The highest BCUT2D eigenvalue weighted by Crippen LogP contribution is 2.24. The van der Waals surface area contributed by atoms with Crippen LogP contribution in [0.5, 0.6) is 5.75 Å². The lowest BCUT2D eigenvalue weighted by atomic mass is 10.1. The molecule has 0 bridgehead atoms. The van der Waals surface area contributed by atoms with Gasteiger partial charge in [0.15, 0.2) is 0 Å². The zero-order valence-corrected chi connectivity index (χ0v) is 18.8. The normalized spacial score (nSPS) is 11.2. The molecule has 0 radical (unpaired) electrons. The molecule has 2 aromatic heterocycles. The van der Waals surface area contributed by atoms with Crippen LogP contribution in [0.2, 0.25) is 5.02 Å². The average Bonchev–Trinajstić information content (AvgIpc) is 3.42. The number of benzene rings is 3. The number of hydrogen-bond acceptors (Lipinski definition) is 2. The van der Waals surface area contributed by atoms with Crippen molar-refractivity contribution >= 4 is 39.3 Å². The Morgan fingerprint density at radius 2 is 1.91 bits per heavy atom. The van der Waals surface area contributed by atoms with Crippen LogP contribution < -0.4 is 10.1 Å². The number of halogens is 1. The van der Waals surface area contributed by atoms with E-state index in [0.717, 1.165) is 45.1 Å². The molecule has 5 aromatic rings. The summed E-state index contributed by atoms with van der Waals surface area (Å²) in [6.07, 6.45) is 4.65. The van der Waals surface area contributed by atoms with E-state index in [1.165, 1.54) is 0 Å². The number of nitrogens with zero attached hydrogens (tertiary/aromatic N) is 1. The van der Waals surface area contributed by atoms with Gasteiger partial charge in [-0.2, -0.15) is 0 Å². The third-order valence-electron chi connectivity index (χ3n) is 5.75. The molecular formula is C27H24ClN3O2. The molecule has 3 aromatic carbocycles. The molecule has 0 spiro atoms. The average molecular weight is 458 g/mol. The summed E-state index contributed by atoms with van der Waals surface area (Å²) in [5.74, 6) is 0.755. The molecule has 6 heteroatoms. The van der Waals surface area contributed by atoms with Crippen LogP contribution in [-0.2, 0) is 24.4 Å². The first-order valence-corrected chi connectivity index (χ1v) is 11.3. The van der Waals surface area contributed by atoms with Crippen LogP contribution in [0.1, 0.15) is 11.1 Å². The Bertz CT molecular complexity index is 1410. The molecule has 0 fully saturated rings. The van der Waals surface area contributed by atoms with E-state index < -0.39 is 0 Å². The Morgan fingerprint density at radius 3 is 2.79 bits per heavy atom. The first-order valence-electron chi connectivity index (χ1n) is 10.9. The van der Waals surface area contributed by atoms with Crippen molar-refractivity contribution in [3.8, 4) is 5.75 Å². The number of hydrogen-bond donors (Lipinski definition) is 2. The molecular weight excluding hydrogens is 434 g/mol. The SMILES string of the molecule is O=C(Cn1ccc2ccc(OCc3ccccc3)cc21)NCCc1c[nH]c2ccc(Cl)cc12. The second-order valence-corrected chi connectivity index (χ2v) is 8.48. The van der Waals surface area contributed by atoms with Gasteiger partial charge in [-0.1, -0.05) is 41.9 Å². The fourth-order valence-electron chi connectivity index (χ4n) is 4.04. The molecule has 166 valence electrons. The van der Waals surface area contributed by atoms with Gasteiger partial charge in [0.05, 0.1) is 5.52 Å². The van der Waals surface area contributed by atoms with Crippen molar-refractivity contribution in [1.29, 1.82) is 0 Å². The predicted octanol–water partition coefficient (Wildman–Crippen LogP) is 5.71. The molecule has 2 N–H and O–H groups in total. The highest BCUT2D eigenvalue weighted by molar-refractivity contribution is 6.31. The van der Waals surface area contributed by atoms with E-state index in [1.54, 1.807) is 0 Å². The van der Waals surface area contributed by atoms with Crippen molar-refractivity contribution < 1.29 is 9.53 Å². The largest absolute Gasteiger partial charge is 0.489 e. The van der Waals surface area contributed by atoms with E-state index in [1.807, 2.05) is 89.8 Å². The number of nitrogens with one attached hydrogen (secondary N) is 2. The standard InChI is InChI=1S/C27H24ClN3O2/c28-22-7-9-25-24(14-22)21(16-30-25)10-12-29-27(32)17-31-13-11-20-6-8-23(15-26(20)31)33-18-19-4-2-1-3-5-19/h1-9,11,13-16,30H,10,12,17-18H2,(H,29,32). The number of rotatable bonds is 8. The van der Waals surface area contributed by atoms with Crippen molar-refractivity contribution in [1.82, 2.24) is 14.9 Å². The Morgan fingerprint density at radius 1 is 1.03 bits per heavy atom. The Kier molecular flexibility index (Phi) is 6.05. The Labute approximate surface area is 196 Å². The second-order valence-electron chi connectivity index (χ2n) is 8.04. The van der Waals surface area contributed by atoms with Gasteiger partial charge in [-0.15, -0.1) is 0 Å². The quantitative estimate of drug-likeness (QED) is 0.313. The van der Waals surface area contributed by atoms with Gasteiger partial charge in [-0.25, -0.2) is 0 Å². The van der Waals surface area contributed by atoms with Gasteiger partial charge in [-0.3, -0.25) is 4.79 Å². The Balaban J connectivity index is 1.20. The monoisotopic (exact) mass is 457 g/mol. The van der Waals surface area contributed by atoms with Crippen molar-refractivity contribution in [2.75, 3.05) is 6.54 Å². The van der Waals surface area contributed by atoms with E-state index >= 15 is 0 Å². The first-order chi connectivity index (χ1) is 16.2. The maximum Gasteiger partial charge on any atom is 0.239 e. The lowest BCUT2D eigenvalue weighted by molar-refractivity contribution is -0.121. The zero-order chi connectivity index (χ0) is 22.6. The summed E-state index contributed by atoms with van der Waals surface area (Å²) in [5, 5.41) is 5.90. The van der Waals surface area contributed by atoms with Gasteiger partial charge >= 0.3 is 0 Å². The minimum atomic E-state index is -0.0269. The lowest BCUT2D eigenvalue weighted by Gasteiger charge is -2.10. The van der Waals surface area contributed by atoms with Crippen LogP contribution in [-0.4, -0.2) is 22.0 Å². The molecule has 0 atom stereocenters. The third kappa shape index (κ3) is 4.89. The maximum atomic E-state index is 12.6. The highest BCUT2D eigenvalue weighted by atomic mass is 35.5. The second kappa shape index (κ2) is 9.43. The molecule has 1 amide bonds. The van der Waals surface area contributed by atoms with Gasteiger partial charge in [0, 0.05) is 40.9 Å². The maximum absolute atomic E-state index is 12.6. The van der Waals surface area contributed by atoms with Gasteiger partial charge in [0.1, 0.15) is 18.9 Å². The summed E-state index contributed by atoms with van der Waals surface area (Å²) in [5.41, 5.74) is 4.27. The predicted molar refractivity (Wildman–Crippen MR) is 133 cm³/mol. The molecule has 0 aliphatic carbocycles. The number of amides is 1. The van der Waals surface area contributed by atoms with Crippen molar-refractivity contribution in [3.05, 3.63) is 101 Å². The molecule has 33 heavy (non-hydrogen) atoms. The molecule has 5 nitrogen and oxygen atoms in total. The van der Waals surface area contributed by atoms with Gasteiger partial charge in [0.2, 0.25) is 5.91 Å². The molecule has 2 heterocycles. The van der Waals surface area contributed by atoms with Crippen molar-refractivity contribution in [2.45, 2.75) is 19.6 Å². The number of H-pyrrole nitrogens is 1. The number of fused-ring (bicyclic) bond motifs is 2. The minimum absolute atomic E-state index is 0.0269. The smallest absolute Gasteiger partial charge is 0.239 e. The molecule has 0 saturated heterocycles. The van der Waals surface area contributed by atoms with Crippen LogP contribution in [0.4, 0.5) is 0 Å². The lowest BCUT2D eigenvalue weighted by Crippen LogP contribution is -2.29. The summed E-state index contributed by atoms with van der Waals surface area (Å²) in [4.78, 5) is 15.9. The van der Waals surface area contributed by atoms with Crippen LogP contribution in [0, 0.1) is 0 Å². The van der Waals surface area contributed by atoms with Gasteiger partial charge < -0.3 is 19.6 Å². The highest BCUT2D eigenvalue weighted by Gasteiger charge is 2.09. The molecule has 0 aliphatic rings. The van der Waals surface area contributed by atoms with E-state index in [4.69, 9.17) is 16.3 Å². The minimum Gasteiger partial charge on any atom is -0.489 e. The number of aromatic amines is 1. The fourth-order valence-corrected chi connectivity index (χ4v) is 4.21. The number of carbonyl (C=O) groups excluding carboxylic acids is 1. The van der Waals surface area contributed by atoms with Gasteiger partial charge in [0.25, 0.3) is 0 Å². The molecule has 0 aliphatic heterocycles. The van der Waals surface area contributed by atoms with Gasteiger partial charge in [-0.05, 0) is 59.3 Å². The van der Waals surface area contributed by atoms with Crippen LogP contribution >= 0.6 is 11.6 Å². The third-order valence-corrected chi connectivity index (χ3v) is 5.99. The molecule has 0 saturated carbocycles. The van der Waals surface area contributed by atoms with Crippen molar-refractivity contribution in [2.24, 2.45) is 0 Å². The summed E-state index contributed by atoms with van der Waals surface area (Å²) in [6.45, 7) is 1.32. The number of ether oxygens (including phenoxy) is 1.